The maximum Gasteiger partial charge on any atom is 0.325 e. The zero-order valence-corrected chi connectivity index (χ0v) is 7.71. The molecule has 1 heterocycles. The molecule has 0 aromatic heterocycles. The molecule has 0 unspecified atom stereocenters. The van der Waals surface area contributed by atoms with Crippen molar-refractivity contribution in [1.82, 2.24) is 5.06 Å². The summed E-state index contributed by atoms with van der Waals surface area (Å²) < 4.78 is 0. The lowest BCUT2D eigenvalue weighted by Crippen LogP contribution is -2.38. The zero-order chi connectivity index (χ0) is 8.81. The number of hydrogen-bond acceptors (Lipinski definition) is 3. The van der Waals surface area contributed by atoms with E-state index < -0.39 is 0 Å². The van der Waals surface area contributed by atoms with Crippen molar-refractivity contribution in [1.29, 1.82) is 0 Å². The van der Waals surface area contributed by atoms with Crippen LogP contribution in [0.5, 0.6) is 0 Å². The first-order valence-corrected chi connectivity index (χ1v) is 4.78. The molecule has 3 nitrogen and oxygen atoms in total. The van der Waals surface area contributed by atoms with Gasteiger partial charge >= 0.3 is 5.97 Å². The lowest BCUT2D eigenvalue weighted by molar-refractivity contribution is -0.207. The van der Waals surface area contributed by atoms with Crippen molar-refractivity contribution in [3.05, 3.63) is 0 Å². The van der Waals surface area contributed by atoms with Crippen molar-refractivity contribution < 1.29 is 9.63 Å². The van der Waals surface area contributed by atoms with E-state index in [2.05, 4.69) is 6.92 Å². The first kappa shape index (κ1) is 9.52. The summed E-state index contributed by atoms with van der Waals surface area (Å²) in [4.78, 5) is 16.1. The Labute approximate surface area is 73.6 Å². The fraction of sp³-hybridized carbons (Fsp3) is 0.889. The van der Waals surface area contributed by atoms with Crippen LogP contribution >= 0.6 is 0 Å². The maximum atomic E-state index is 11.1. The van der Waals surface area contributed by atoms with Gasteiger partial charge in [0.2, 0.25) is 0 Å². The Kier molecular flexibility index (Phi) is 4.08. The van der Waals surface area contributed by atoms with Crippen LogP contribution in [0.4, 0.5) is 0 Å². The van der Waals surface area contributed by atoms with Crippen LogP contribution in [0, 0.1) is 0 Å². The molecule has 0 amide bonds. The summed E-state index contributed by atoms with van der Waals surface area (Å²) in [6.07, 6.45) is 4.96. The molecule has 12 heavy (non-hydrogen) atoms. The minimum atomic E-state index is -0.0665. The van der Waals surface area contributed by atoms with Crippen LogP contribution in [0.15, 0.2) is 0 Å². The minimum Gasteiger partial charge on any atom is -0.368 e. The van der Waals surface area contributed by atoms with Crippen molar-refractivity contribution in [3.63, 3.8) is 0 Å². The highest BCUT2D eigenvalue weighted by Crippen LogP contribution is 2.08. The maximum absolute atomic E-state index is 11.1. The van der Waals surface area contributed by atoms with Crippen LogP contribution in [0.25, 0.3) is 0 Å². The Morgan fingerprint density at radius 3 is 2.67 bits per heavy atom. The van der Waals surface area contributed by atoms with Crippen molar-refractivity contribution in [2.45, 2.75) is 39.0 Å². The van der Waals surface area contributed by atoms with Gasteiger partial charge in [-0.3, -0.25) is 4.79 Å². The van der Waals surface area contributed by atoms with Gasteiger partial charge in [-0.15, -0.1) is 5.06 Å². The fourth-order valence-electron chi connectivity index (χ4n) is 1.09. The van der Waals surface area contributed by atoms with E-state index >= 15 is 0 Å². The van der Waals surface area contributed by atoms with E-state index in [0.717, 1.165) is 38.8 Å². The molecule has 1 rings (SSSR count). The van der Waals surface area contributed by atoms with E-state index in [1.165, 1.54) is 0 Å². The highest BCUT2D eigenvalue weighted by atomic mass is 16.7. The quantitative estimate of drug-likeness (QED) is 0.590. The summed E-state index contributed by atoms with van der Waals surface area (Å²) >= 11 is 0. The van der Waals surface area contributed by atoms with Crippen LogP contribution in [0.3, 0.4) is 0 Å². The Bertz CT molecular complexity index is 143. The smallest absolute Gasteiger partial charge is 0.325 e. The van der Waals surface area contributed by atoms with Gasteiger partial charge in [-0.05, 0) is 12.8 Å². The Morgan fingerprint density at radius 1 is 1.42 bits per heavy atom. The third-order valence-electron chi connectivity index (χ3n) is 2.03. The minimum absolute atomic E-state index is 0.0665. The molecular formula is C9H17NO2. The van der Waals surface area contributed by atoms with Crippen molar-refractivity contribution in [3.8, 4) is 0 Å². The molecule has 0 aromatic carbocycles. The molecule has 0 spiro atoms. The van der Waals surface area contributed by atoms with E-state index in [-0.39, 0.29) is 5.97 Å². The first-order valence-electron chi connectivity index (χ1n) is 4.78. The van der Waals surface area contributed by atoms with Gasteiger partial charge in [0.05, 0.1) is 0 Å². The Morgan fingerprint density at radius 2 is 2.17 bits per heavy atom. The highest BCUT2D eigenvalue weighted by Gasteiger charge is 2.17. The standard InChI is InChI=1S/C9H17NO2/c1-2-3-4-6-9(11)12-10-7-5-8-10/h2-8H2,1H3. The normalized spacial score (nSPS) is 17.1. The molecule has 0 saturated carbocycles. The third-order valence-corrected chi connectivity index (χ3v) is 2.03. The van der Waals surface area contributed by atoms with E-state index in [9.17, 15) is 4.79 Å². The summed E-state index contributed by atoms with van der Waals surface area (Å²) in [5, 5.41) is 1.73. The molecule has 0 N–H and O–H groups in total. The summed E-state index contributed by atoms with van der Waals surface area (Å²) in [7, 11) is 0. The van der Waals surface area contributed by atoms with Crippen molar-refractivity contribution in [2.75, 3.05) is 13.1 Å². The second-order valence-corrected chi connectivity index (χ2v) is 3.20. The molecule has 1 aliphatic heterocycles. The summed E-state index contributed by atoms with van der Waals surface area (Å²) in [6, 6.07) is 0. The second-order valence-electron chi connectivity index (χ2n) is 3.20. The average Bonchev–Trinajstić information content (AvgIpc) is 1.98. The molecule has 0 aromatic rings. The zero-order valence-electron chi connectivity index (χ0n) is 7.71. The Balaban J connectivity index is 1.95. The van der Waals surface area contributed by atoms with E-state index in [1.807, 2.05) is 0 Å². The van der Waals surface area contributed by atoms with Crippen LogP contribution in [-0.2, 0) is 9.63 Å². The van der Waals surface area contributed by atoms with Crippen LogP contribution in [-0.4, -0.2) is 24.1 Å². The van der Waals surface area contributed by atoms with Gasteiger partial charge in [-0.1, -0.05) is 19.8 Å². The fourth-order valence-corrected chi connectivity index (χ4v) is 1.09. The summed E-state index contributed by atoms with van der Waals surface area (Å²) in [5.41, 5.74) is 0. The number of unbranched alkanes of at least 4 members (excludes halogenated alkanes) is 2. The van der Waals surface area contributed by atoms with Gasteiger partial charge in [0.15, 0.2) is 0 Å². The van der Waals surface area contributed by atoms with Crippen molar-refractivity contribution in [2.24, 2.45) is 0 Å². The third kappa shape index (κ3) is 3.22. The van der Waals surface area contributed by atoms with Crippen LogP contribution < -0.4 is 0 Å². The monoisotopic (exact) mass is 171 g/mol. The molecule has 0 radical (unpaired) electrons. The molecular weight excluding hydrogens is 154 g/mol. The number of carbonyl (C=O) groups is 1. The predicted octanol–water partition coefficient (Wildman–Crippen LogP) is 1.73. The van der Waals surface area contributed by atoms with Gasteiger partial charge in [0.25, 0.3) is 0 Å². The van der Waals surface area contributed by atoms with E-state index in [4.69, 9.17) is 4.84 Å². The SMILES string of the molecule is CCCCCC(=O)ON1CCC1. The lowest BCUT2D eigenvalue weighted by atomic mass is 10.2. The number of hydrogen-bond donors (Lipinski definition) is 0. The number of hydroxylamine groups is 2. The van der Waals surface area contributed by atoms with Gasteiger partial charge < -0.3 is 4.84 Å². The molecule has 0 bridgehead atoms. The molecule has 3 heteroatoms. The molecule has 0 atom stereocenters. The molecule has 70 valence electrons. The van der Waals surface area contributed by atoms with Gasteiger partial charge in [0.1, 0.15) is 0 Å². The van der Waals surface area contributed by atoms with Gasteiger partial charge in [-0.2, -0.15) is 0 Å². The van der Waals surface area contributed by atoms with Crippen molar-refractivity contribution >= 4 is 5.97 Å². The predicted molar refractivity (Wildman–Crippen MR) is 46.4 cm³/mol. The number of rotatable bonds is 5. The van der Waals surface area contributed by atoms with Gasteiger partial charge in [0, 0.05) is 19.5 Å². The number of carbonyl (C=O) groups excluding carboxylic acids is 1. The summed E-state index contributed by atoms with van der Waals surface area (Å²) in [5.74, 6) is -0.0665. The van der Waals surface area contributed by atoms with Crippen LogP contribution in [0.1, 0.15) is 39.0 Å². The van der Waals surface area contributed by atoms with E-state index in [0.29, 0.717) is 6.42 Å². The van der Waals surface area contributed by atoms with Crippen LogP contribution in [0.2, 0.25) is 0 Å². The van der Waals surface area contributed by atoms with E-state index in [1.54, 1.807) is 5.06 Å². The molecule has 1 saturated heterocycles. The average molecular weight is 171 g/mol. The first-order chi connectivity index (χ1) is 5.83. The van der Waals surface area contributed by atoms with Gasteiger partial charge in [-0.25, -0.2) is 0 Å². The topological polar surface area (TPSA) is 29.5 Å². The lowest BCUT2D eigenvalue weighted by Gasteiger charge is -2.28. The molecule has 1 aliphatic rings. The largest absolute Gasteiger partial charge is 0.368 e. The second kappa shape index (κ2) is 5.14. The highest BCUT2D eigenvalue weighted by molar-refractivity contribution is 5.68. The molecule has 0 aliphatic carbocycles. The summed E-state index contributed by atoms with van der Waals surface area (Å²) in [6.45, 7) is 3.96. The molecule has 1 fully saturated rings. The number of nitrogens with zero attached hydrogens (tertiary/aromatic N) is 1. The Hall–Kier alpha value is -0.570.